The van der Waals surface area contributed by atoms with E-state index in [4.69, 9.17) is 38.0 Å². The average molecular weight is 544 g/mol. The van der Waals surface area contributed by atoms with E-state index in [9.17, 15) is 38.1 Å². The van der Waals surface area contributed by atoms with E-state index in [0.717, 1.165) is 0 Å². The van der Waals surface area contributed by atoms with Gasteiger partial charge in [-0.3, -0.25) is 4.57 Å². The number of nitrogen functional groups attached to an aromatic ring is 1. The average Bonchev–Trinajstić information content (AvgIpc) is 2.80. The lowest BCUT2D eigenvalue weighted by atomic mass is 10.2. The maximum atomic E-state index is 13.8. The van der Waals surface area contributed by atoms with E-state index in [1.165, 1.54) is 0 Å². The second-order valence-electron chi connectivity index (χ2n) is 5.61. The van der Waals surface area contributed by atoms with E-state index < -0.39 is 64.2 Å². The Hall–Kier alpha value is -1.37. The van der Waals surface area contributed by atoms with Gasteiger partial charge in [0, 0.05) is 11.1 Å². The molecule has 180 valence electrons. The third kappa shape index (κ3) is 6.15. The van der Waals surface area contributed by atoms with Crippen molar-refractivity contribution >= 4 is 41.5 Å². The summed E-state index contributed by atoms with van der Waals surface area (Å²) in [7, 11) is -17.8. The Morgan fingerprint density at radius 2 is 1.88 bits per heavy atom. The zero-order valence-electron chi connectivity index (χ0n) is 14.8. The minimum Gasteiger partial charge on any atom is -0.385 e. The summed E-state index contributed by atoms with van der Waals surface area (Å²) in [6.45, 7) is 0. The van der Waals surface area contributed by atoms with Crippen LogP contribution in [0, 0.1) is 10.6 Å². The Kier molecular flexibility index (Phi) is 7.65. The molecular formula is C8H12FN6O13P3S. The van der Waals surface area contributed by atoms with Crippen molar-refractivity contribution in [2.45, 2.75) is 24.3 Å². The summed E-state index contributed by atoms with van der Waals surface area (Å²) in [6.07, 6.45) is -6.25. The molecule has 0 bridgehead atoms. The number of rotatable bonds is 8. The summed E-state index contributed by atoms with van der Waals surface area (Å²) in [5.41, 5.74) is 13.9. The highest BCUT2D eigenvalue weighted by atomic mass is 32.1. The van der Waals surface area contributed by atoms with Crippen LogP contribution in [0.5, 0.6) is 0 Å². The zero-order valence-corrected chi connectivity index (χ0v) is 18.3. The predicted octanol–water partition coefficient (Wildman–Crippen LogP) is -0.108. The largest absolute Gasteiger partial charge is 0.490 e. The first-order valence-electron chi connectivity index (χ1n) is 7.41. The highest BCUT2D eigenvalue weighted by Gasteiger charge is 2.60. The van der Waals surface area contributed by atoms with Gasteiger partial charge in [0.05, 0.1) is 0 Å². The molecule has 2 rings (SSSR count). The van der Waals surface area contributed by atoms with E-state index in [-0.39, 0.29) is 0 Å². The number of phosphoric acid groups is 3. The Morgan fingerprint density at radius 1 is 1.28 bits per heavy atom. The summed E-state index contributed by atoms with van der Waals surface area (Å²) in [6, 6.07) is 0. The van der Waals surface area contributed by atoms with E-state index in [1.54, 1.807) is 0 Å². The molecule has 0 radical (unpaired) electrons. The van der Waals surface area contributed by atoms with Crippen molar-refractivity contribution in [3.05, 3.63) is 27.2 Å². The molecule has 0 spiro atoms. The number of anilines is 1. The van der Waals surface area contributed by atoms with Crippen LogP contribution >= 0.6 is 35.7 Å². The topological polar surface area (TPSA) is 302 Å². The predicted molar refractivity (Wildman–Crippen MR) is 96.4 cm³/mol. The van der Waals surface area contributed by atoms with Crippen molar-refractivity contribution in [1.82, 2.24) is 9.55 Å². The van der Waals surface area contributed by atoms with Gasteiger partial charge in [-0.25, -0.2) is 22.6 Å². The fourth-order valence-corrected chi connectivity index (χ4v) is 5.66. The molecule has 0 amide bonds. The molecule has 2 heterocycles. The number of nitrogens with two attached hydrogens (primary N) is 1. The van der Waals surface area contributed by atoms with Gasteiger partial charge < -0.3 is 40.3 Å². The number of halogens is 1. The van der Waals surface area contributed by atoms with Crippen molar-refractivity contribution in [3.8, 4) is 0 Å². The normalized spacial score (nSPS) is 29.7. The minimum atomic E-state index is -6.04. The van der Waals surface area contributed by atoms with Crippen LogP contribution in [0.2, 0.25) is 0 Å². The number of azide groups is 1. The molecule has 0 aromatic carbocycles. The van der Waals surface area contributed by atoms with E-state index in [2.05, 4.69) is 28.2 Å². The molecule has 8 N–H and O–H groups in total. The first-order chi connectivity index (χ1) is 14.4. The van der Waals surface area contributed by atoms with Crippen LogP contribution in [0.25, 0.3) is 10.4 Å². The van der Waals surface area contributed by atoms with Crippen LogP contribution in [0.1, 0.15) is 6.23 Å². The fraction of sp³-hybridized carbons (Fsp3) is 0.500. The number of hydrogen-bond donors (Lipinski definition) is 7. The second kappa shape index (κ2) is 9.11. The Labute approximate surface area is 179 Å². The fourth-order valence-electron chi connectivity index (χ4n) is 2.25. The third-order valence-corrected chi connectivity index (χ3v) is 7.46. The lowest BCUT2D eigenvalue weighted by Gasteiger charge is -2.28. The molecule has 1 saturated heterocycles. The molecule has 1 aromatic heterocycles. The standard InChI is InChI=1S/C8H12FN6O13P3S/c9-2-1-15(7(32)12-5(2)10)6-3(16)4(17)8(25-6,13-14-11)26-30(21,22)28-31(23,24)27-29(18,19)20/h1,3-4,6,16-17H,(H,21,22)(H,23,24)(H2,10,12,32)(H2,18,19,20)/t3?,4-,6-,8+/m1/s1. The summed E-state index contributed by atoms with van der Waals surface area (Å²) in [5, 5.41) is 23.2. The van der Waals surface area contributed by atoms with Crippen molar-refractivity contribution in [2.75, 3.05) is 5.73 Å². The number of phosphoric ester groups is 1. The quantitative estimate of drug-likeness (QED) is 0.0738. The minimum absolute atomic E-state index is 0.544. The molecule has 24 heteroatoms. The summed E-state index contributed by atoms with van der Waals surface area (Å²) in [5.74, 6) is -5.23. The number of aliphatic hydroxyl groups is 2. The van der Waals surface area contributed by atoms with Crippen molar-refractivity contribution in [2.24, 2.45) is 5.11 Å². The molecule has 1 aliphatic heterocycles. The van der Waals surface area contributed by atoms with Crippen LogP contribution < -0.4 is 5.73 Å². The smallest absolute Gasteiger partial charge is 0.385 e. The van der Waals surface area contributed by atoms with Gasteiger partial charge in [0.1, 0.15) is 12.2 Å². The molecule has 1 fully saturated rings. The molecule has 6 atom stereocenters. The monoisotopic (exact) mass is 544 g/mol. The van der Waals surface area contributed by atoms with Gasteiger partial charge in [-0.05, 0) is 22.9 Å². The zero-order chi connectivity index (χ0) is 24.7. The van der Waals surface area contributed by atoms with Gasteiger partial charge in [0.25, 0.3) is 5.91 Å². The highest BCUT2D eigenvalue weighted by Crippen LogP contribution is 2.67. The van der Waals surface area contributed by atoms with Gasteiger partial charge in [-0.1, -0.05) is 0 Å². The van der Waals surface area contributed by atoms with Crippen molar-refractivity contribution < 1.29 is 65.8 Å². The molecular weight excluding hydrogens is 532 g/mol. The van der Waals surface area contributed by atoms with Gasteiger partial charge in [-0.15, -0.1) is 0 Å². The molecule has 0 saturated carbocycles. The molecule has 1 aliphatic rings. The summed E-state index contributed by atoms with van der Waals surface area (Å²) >= 11 is 4.80. The number of hydrogen-bond acceptors (Lipinski definition) is 13. The lowest BCUT2D eigenvalue weighted by molar-refractivity contribution is -0.222. The molecule has 0 aliphatic carbocycles. The van der Waals surface area contributed by atoms with Crippen molar-refractivity contribution in [1.29, 1.82) is 0 Å². The number of aromatic nitrogens is 2. The SMILES string of the molecule is [N-]=[N+]=N[C@]1(OP(=O)(O)OP(=O)(O)OP(=O)(O)O)O[C@@H](n2cc(F)c(N)nc2=S)C(O)[C@H]1O. The van der Waals surface area contributed by atoms with E-state index in [0.29, 0.717) is 10.8 Å². The summed E-state index contributed by atoms with van der Waals surface area (Å²) < 4.78 is 64.2. The van der Waals surface area contributed by atoms with Crippen LogP contribution in [0.15, 0.2) is 11.3 Å². The first kappa shape index (κ1) is 26.9. The molecule has 32 heavy (non-hydrogen) atoms. The van der Waals surface area contributed by atoms with Crippen LogP contribution in [0.3, 0.4) is 0 Å². The molecule has 1 aromatic rings. The molecule has 19 nitrogen and oxygen atoms in total. The first-order valence-corrected chi connectivity index (χ1v) is 12.3. The van der Waals surface area contributed by atoms with Crippen LogP contribution in [0.4, 0.5) is 10.2 Å². The second-order valence-corrected chi connectivity index (χ2v) is 10.3. The van der Waals surface area contributed by atoms with Gasteiger partial charge in [0.2, 0.25) is 4.77 Å². The van der Waals surface area contributed by atoms with Crippen molar-refractivity contribution in [3.63, 3.8) is 0 Å². The number of ether oxygens (including phenoxy) is 1. The molecule has 3 unspecified atom stereocenters. The van der Waals surface area contributed by atoms with Gasteiger partial charge >= 0.3 is 23.5 Å². The highest BCUT2D eigenvalue weighted by molar-refractivity contribution is 7.71. The summed E-state index contributed by atoms with van der Waals surface area (Å²) in [4.78, 5) is 41.5. The van der Waals surface area contributed by atoms with E-state index >= 15 is 0 Å². The van der Waals surface area contributed by atoms with E-state index in [1.807, 2.05) is 0 Å². The maximum Gasteiger partial charge on any atom is 0.490 e. The Morgan fingerprint density at radius 3 is 2.41 bits per heavy atom. The maximum absolute atomic E-state index is 13.8. The van der Waals surface area contributed by atoms with Crippen LogP contribution in [-0.4, -0.2) is 57.5 Å². The number of nitrogens with zero attached hydrogens (tertiary/aromatic N) is 5. The van der Waals surface area contributed by atoms with Gasteiger partial charge in [-0.2, -0.15) is 13.6 Å². The van der Waals surface area contributed by atoms with Crippen LogP contribution in [-0.2, 0) is 31.6 Å². The van der Waals surface area contributed by atoms with Gasteiger partial charge in [0.15, 0.2) is 17.9 Å². The third-order valence-electron chi connectivity index (χ3n) is 3.33. The number of aliphatic hydroxyl groups excluding tert-OH is 2. The lowest BCUT2D eigenvalue weighted by Crippen LogP contribution is -2.43. The Bertz CT molecular complexity index is 1150. The Balaban J connectivity index is 2.43.